The number of nitrogens with one attached hydrogen (secondary N) is 3. The molecule has 0 spiro atoms. The van der Waals surface area contributed by atoms with Crippen molar-refractivity contribution in [1.29, 1.82) is 0 Å². The monoisotopic (exact) mass is 1330 g/mol. The molecule has 0 bridgehead atoms. The Balaban J connectivity index is 0.000000395. The van der Waals surface area contributed by atoms with Crippen LogP contribution >= 0.6 is 0 Å². The van der Waals surface area contributed by atoms with Crippen LogP contribution in [-0.2, 0) is 105 Å². The van der Waals surface area contributed by atoms with Crippen molar-refractivity contribution in [2.45, 2.75) is 172 Å². The molecule has 0 radical (unpaired) electrons. The summed E-state index contributed by atoms with van der Waals surface area (Å²) in [7, 11) is 0. The minimum absolute atomic E-state index is 0. The van der Waals surface area contributed by atoms with Crippen LogP contribution in [0.2, 0.25) is 0 Å². The predicted octanol–water partition coefficient (Wildman–Crippen LogP) is -1.80. The smallest absolute Gasteiger partial charge is 0.408 e. The molecule has 8 rings (SSSR count). The number of alkyl carbamates (subject to hydrolysis) is 3. The maximum absolute atomic E-state index is 11.7. The highest BCUT2D eigenvalue weighted by molar-refractivity contribution is 5.80. The summed E-state index contributed by atoms with van der Waals surface area (Å²) in [5.74, 6) is -2.62. The number of nitrogens with zero attached hydrogens (tertiary/aromatic N) is 5. The van der Waals surface area contributed by atoms with Gasteiger partial charge < -0.3 is 113 Å². The summed E-state index contributed by atoms with van der Waals surface area (Å²) in [4.78, 5) is 147. The lowest BCUT2D eigenvalue weighted by Gasteiger charge is -2.20. The van der Waals surface area contributed by atoms with Crippen molar-refractivity contribution in [3.8, 4) is 0 Å². The molecule has 8 fully saturated rings. The van der Waals surface area contributed by atoms with Gasteiger partial charge in [0, 0.05) is 1.37 Å². The normalized spacial score (nSPS) is 29.0. The number of rotatable bonds is 20. The van der Waals surface area contributed by atoms with Crippen LogP contribution < -0.4 is 21.7 Å². The summed E-state index contributed by atoms with van der Waals surface area (Å²) in [5.41, 5.74) is 3.76. The van der Waals surface area contributed by atoms with Crippen LogP contribution in [0.5, 0.6) is 0 Å². The molecule has 0 saturated carbocycles. The van der Waals surface area contributed by atoms with Crippen molar-refractivity contribution in [2.75, 3.05) is 72.5 Å². The Morgan fingerprint density at radius 1 is 0.571 bits per heavy atom. The number of esters is 1. The van der Waals surface area contributed by atoms with Crippen LogP contribution in [-0.4, -0.2) is 254 Å². The van der Waals surface area contributed by atoms with Crippen molar-refractivity contribution in [3.05, 3.63) is 52.9 Å². The fraction of sp³-hybridized carbons (Fsp3) is 0.809. The third-order valence-electron chi connectivity index (χ3n) is 11.7. The van der Waals surface area contributed by atoms with E-state index in [0.717, 1.165) is 0 Å². The fourth-order valence-corrected chi connectivity index (χ4v) is 8.45. The zero-order valence-electron chi connectivity index (χ0n) is 50.1. The van der Waals surface area contributed by atoms with E-state index >= 15 is 0 Å². The molecule has 44 nitrogen and oxygen atoms in total. The van der Waals surface area contributed by atoms with E-state index in [1.165, 1.54) is 6.08 Å². The van der Waals surface area contributed by atoms with Crippen LogP contribution in [0, 0.1) is 40.5 Å². The number of ether oxygens (including phenoxy) is 12. The van der Waals surface area contributed by atoms with Gasteiger partial charge in [-0.05, 0) is 48.1 Å². The average Bonchev–Trinajstić information content (AvgIpc) is 1.69. The van der Waals surface area contributed by atoms with Crippen LogP contribution in [0.15, 0.2) is 17.5 Å². The van der Waals surface area contributed by atoms with E-state index in [1.54, 1.807) is 48.5 Å². The maximum atomic E-state index is 11.7. The van der Waals surface area contributed by atoms with Gasteiger partial charge in [-0.1, -0.05) is 21.3 Å². The number of aliphatic carboxylic acids is 1. The molecule has 0 aliphatic carbocycles. The van der Waals surface area contributed by atoms with Gasteiger partial charge in [-0.2, -0.15) is 4.89 Å². The Morgan fingerprint density at radius 3 is 1.18 bits per heavy atom. The average molecular weight is 1330 g/mol. The molecule has 16 atom stereocenters. The standard InChI is InChI=1S/C13H20N2O9.C9H13N3O8.C9H12N2O9.C7H11NO3.C6H9NO6.C2H6.CH4/c1-13(2,3)23-9(16)4-14-12(17)22-7-5-20-11-8(24-15(18)19)6-21-10(7)11;10-6(13)1-11-9(14)19-4-2-17-8-5(20-12(15)16)3-18-7(4)8;12-6(13)1-10-9(14)19-4-2-17-8-5(20-11(15)16)3-18-7(4)8;1-6(8-5-9)10-11-7(2,3)4;8-3-1-11-6-4(13-7(9)10)2-12-5(3)6;1-2;/h7-8,10-11H,4-6H2,1-3H3,(H,14,17);4-5,7-8H,1-3H2,(H2,10,13)(H,11,14);4-5,7-8H,1-3H2,(H,10,14)(H,12,13);1H2,2-4H3;3-6,8H,1-2H2;1-2H3;1H4/t7-,8+,10+,11+;2*4-,5+,7+,8+;;3-,4+,5+,6+;;/m000.0../s1/i;;;;;1D;. The predicted molar refractivity (Wildman–Crippen MR) is 286 cm³/mol. The minimum atomic E-state index is -1.21. The molecule has 91 heavy (non-hydrogen) atoms. The van der Waals surface area contributed by atoms with E-state index < -0.39 is 172 Å². The number of isocyanates is 1. The third-order valence-corrected chi connectivity index (χ3v) is 11.7. The molecule has 8 aliphatic heterocycles. The van der Waals surface area contributed by atoms with Crippen molar-refractivity contribution >= 4 is 42.2 Å². The van der Waals surface area contributed by atoms with E-state index in [9.17, 15) is 79.1 Å². The summed E-state index contributed by atoms with van der Waals surface area (Å²) < 4.78 is 68.3. The second-order valence-electron chi connectivity index (χ2n) is 20.6. The third kappa shape index (κ3) is 27.7. The first kappa shape index (κ1) is 76.8. The summed E-state index contributed by atoms with van der Waals surface area (Å²) in [5, 5.41) is 61.4. The molecule has 518 valence electrons. The number of aliphatic hydroxyl groups is 1. The SMILES string of the molecule is C.C=C(N=C=O)OOC(C)(C)C.CC(C)(C)OC(=O)CNC(=O)O[C@H]1CO[C@H]2[C@@H]1OC[C@H]2O[N+](=O)[O-].NC(=O)CNC(=O)O[C@H]1CO[C@H]2[C@@H]1OC[C@H]2O[N+](=O)[O-].O=C(O)CNC(=O)O[C@H]1CO[C@H]2[C@@H]1OC[C@H]2O[N+](=O)[O-].O=[N+]([O-])O[C@@H]1CO[C@H]2[C@@H]1OC[C@@H]2O.[2H]CC. The second kappa shape index (κ2) is 37.6. The number of carbonyl (C=O) groups is 6. The number of nitrogens with two attached hydrogens (primary N) is 1. The summed E-state index contributed by atoms with van der Waals surface area (Å²) in [6.07, 6.45) is -12.6. The van der Waals surface area contributed by atoms with Crippen LogP contribution in [0.25, 0.3) is 0 Å². The van der Waals surface area contributed by atoms with E-state index in [1.807, 2.05) is 5.32 Å². The number of fused-ring (bicyclic) bond motifs is 4. The van der Waals surface area contributed by atoms with Gasteiger partial charge in [0.05, 0.1) is 59.4 Å². The number of amides is 4. The van der Waals surface area contributed by atoms with Crippen LogP contribution in [0.4, 0.5) is 14.4 Å². The molecule has 8 aliphatic rings. The molecule has 0 aromatic rings. The Morgan fingerprint density at radius 2 is 0.868 bits per heavy atom. The summed E-state index contributed by atoms with van der Waals surface area (Å²) >= 11 is 0. The molecule has 8 heterocycles. The first-order valence-corrected chi connectivity index (χ1v) is 26.5. The molecule has 44 heteroatoms. The molecular formula is C47H75N9O35. The van der Waals surface area contributed by atoms with E-state index in [4.69, 9.17) is 73.9 Å². The number of primary amides is 1. The van der Waals surface area contributed by atoms with Crippen LogP contribution in [0.3, 0.4) is 0 Å². The van der Waals surface area contributed by atoms with Crippen LogP contribution in [0.1, 0.15) is 64.2 Å². The zero-order valence-corrected chi connectivity index (χ0v) is 49.1. The number of carboxylic acids is 1. The highest BCUT2D eigenvalue weighted by atomic mass is 17.2. The number of carbonyl (C=O) groups excluding carboxylic acids is 6. The molecule has 0 aromatic carbocycles. The first-order valence-electron chi connectivity index (χ1n) is 27.2. The van der Waals surface area contributed by atoms with Crippen molar-refractivity contribution in [3.63, 3.8) is 0 Å². The van der Waals surface area contributed by atoms with Gasteiger partial charge in [0.1, 0.15) is 79.2 Å². The molecule has 4 amide bonds. The largest absolute Gasteiger partial charge is 0.480 e. The van der Waals surface area contributed by atoms with Gasteiger partial charge >= 0.3 is 30.2 Å². The maximum Gasteiger partial charge on any atom is 0.408 e. The van der Waals surface area contributed by atoms with Gasteiger partial charge in [-0.25, -0.2) is 19.2 Å². The topological polar surface area (TPSA) is 573 Å². The number of hydrogen-bond donors (Lipinski definition) is 6. The highest BCUT2D eigenvalue weighted by Crippen LogP contribution is 2.33. The Labute approximate surface area is 516 Å². The lowest BCUT2D eigenvalue weighted by molar-refractivity contribution is -0.769. The van der Waals surface area contributed by atoms with E-state index in [2.05, 4.69) is 46.4 Å². The Hall–Kier alpha value is -8.46. The summed E-state index contributed by atoms with van der Waals surface area (Å²) in [6.45, 7) is 15.0. The minimum Gasteiger partial charge on any atom is -0.480 e. The van der Waals surface area contributed by atoms with Gasteiger partial charge in [0.2, 0.25) is 12.0 Å². The zero-order chi connectivity index (χ0) is 68.3. The number of hydrogen-bond acceptors (Lipinski definition) is 35. The van der Waals surface area contributed by atoms with Crippen molar-refractivity contribution < 1.29 is 151 Å². The van der Waals surface area contributed by atoms with Gasteiger partial charge in [-0.15, -0.1) is 45.4 Å². The quantitative estimate of drug-likeness (QED) is 0.0114. The van der Waals surface area contributed by atoms with Crippen molar-refractivity contribution in [1.82, 2.24) is 16.0 Å². The number of carboxylic acid groups (broad SMARTS) is 1. The van der Waals surface area contributed by atoms with Crippen molar-refractivity contribution in [2.24, 2.45) is 10.7 Å². The molecule has 8 saturated heterocycles. The van der Waals surface area contributed by atoms with Gasteiger partial charge in [-0.3, -0.25) is 14.4 Å². The first-order chi connectivity index (χ1) is 42.6. The Bertz CT molecular complexity index is 2450. The molecule has 0 unspecified atom stereocenters. The summed E-state index contributed by atoms with van der Waals surface area (Å²) in [6, 6.07) is 0. The van der Waals surface area contributed by atoms with E-state index in [-0.39, 0.29) is 79.3 Å². The molecule has 7 N–H and O–H groups in total. The lowest BCUT2D eigenvalue weighted by Crippen LogP contribution is -2.40. The highest BCUT2D eigenvalue weighted by Gasteiger charge is 2.54. The number of aliphatic imine (C=N–C) groups is 1. The molecule has 0 aromatic heterocycles. The second-order valence-corrected chi connectivity index (χ2v) is 20.6. The fourth-order valence-electron chi connectivity index (χ4n) is 8.45. The van der Waals surface area contributed by atoms with Gasteiger partial charge in [0.25, 0.3) is 26.2 Å². The number of aliphatic hydroxyl groups excluding tert-OH is 1. The Kier molecular flexibility index (Phi) is 31.8. The van der Waals surface area contributed by atoms with Gasteiger partial charge in [0.15, 0.2) is 42.7 Å². The van der Waals surface area contributed by atoms with E-state index in [0.29, 0.717) is 6.90 Å². The molecular weight excluding hydrogens is 1250 g/mol. The lowest BCUT2D eigenvalue weighted by atomic mass is 10.1.